The molecule has 0 bridgehead atoms. The molecule has 7 atom stereocenters. The van der Waals surface area contributed by atoms with Gasteiger partial charge in [0.1, 0.15) is 42.3 Å². The van der Waals surface area contributed by atoms with Crippen molar-refractivity contribution in [1.82, 2.24) is 47.5 Å². The zero-order chi connectivity index (χ0) is 58.0. The highest BCUT2D eigenvalue weighted by Crippen LogP contribution is 2.26. The molecule has 0 radical (unpaired) electrons. The normalized spacial score (nSPS) is 21.9. The second-order valence-corrected chi connectivity index (χ2v) is 20.4. The lowest BCUT2D eigenvalue weighted by Gasteiger charge is -2.28. The van der Waals surface area contributed by atoms with E-state index >= 15 is 0 Å². The van der Waals surface area contributed by atoms with Crippen LogP contribution >= 0.6 is 0 Å². The molecule has 26 heteroatoms. The van der Waals surface area contributed by atoms with Crippen LogP contribution in [0.5, 0.6) is 0 Å². The maximum absolute atomic E-state index is 14.7. The molecule has 1 saturated heterocycles. The summed E-state index contributed by atoms with van der Waals surface area (Å²) in [7, 11) is 0. The summed E-state index contributed by atoms with van der Waals surface area (Å²) in [5.74, 6) is -7.14. The van der Waals surface area contributed by atoms with Crippen molar-refractivity contribution in [1.29, 1.82) is 0 Å². The number of carbonyl (C=O) groups is 9. The zero-order valence-corrected chi connectivity index (χ0v) is 45.3. The standard InChI is InChI=1S/C54H81N17O9/c55-23-22-40-49(77)69-41(27-32-13-3-1-4-14-32)50(78)67-39(21-12-26-63-54(59)60)48(76)70-42(29-34-31-64-36-18-8-7-17-35(34)36)51(79)66-37(46(56)74)19-9-10-24-61-44(72)30-43(52(80)68-40)71-47(75)38(20-11-25-62-53(57)58)65-45(73)28-33-15-5-2-6-16-33/h1,3-4,7-8,13-14,17-18,31,33,37-43,64H,2,5-6,9-12,15-16,19-30,55H2,(H2,56,74)(H,61,72)(H,65,73)(H,66,79)(H,67,78)(H,68,80)(H,69,77)(H,70,76)(H,71,75)(H4,57,58,62)(H4,59,60,63)/t37-,38-,39-,40-,41+,42-,43-/m0/s1. The number of benzene rings is 2. The first-order chi connectivity index (χ1) is 38.4. The molecule has 5 rings (SSSR count). The highest BCUT2D eigenvalue weighted by Gasteiger charge is 2.35. The number of amides is 9. The molecule has 80 heavy (non-hydrogen) atoms. The van der Waals surface area contributed by atoms with Gasteiger partial charge in [0.15, 0.2) is 11.9 Å². The molecule has 9 amide bonds. The van der Waals surface area contributed by atoms with E-state index in [1.807, 2.05) is 24.3 Å². The van der Waals surface area contributed by atoms with Crippen LogP contribution in [0.3, 0.4) is 0 Å². The van der Waals surface area contributed by atoms with Crippen LogP contribution in [0, 0.1) is 5.92 Å². The zero-order valence-electron chi connectivity index (χ0n) is 45.3. The number of aromatic nitrogens is 1. The molecular formula is C54H81N17O9. The van der Waals surface area contributed by atoms with Gasteiger partial charge in [-0.2, -0.15) is 0 Å². The third-order valence-corrected chi connectivity index (χ3v) is 14.0. The Balaban J connectivity index is 1.50. The molecule has 2 aliphatic rings. The van der Waals surface area contributed by atoms with Crippen LogP contribution in [0.2, 0.25) is 0 Å². The van der Waals surface area contributed by atoms with Gasteiger partial charge in [-0.15, -0.1) is 0 Å². The fourth-order valence-corrected chi connectivity index (χ4v) is 9.76. The number of aliphatic imine (C=N–C) groups is 2. The van der Waals surface area contributed by atoms with E-state index < -0.39 is 96.0 Å². The Labute approximate surface area is 465 Å². The van der Waals surface area contributed by atoms with Gasteiger partial charge in [0.25, 0.3) is 0 Å². The van der Waals surface area contributed by atoms with E-state index in [2.05, 4.69) is 57.5 Å². The molecule has 436 valence electrons. The van der Waals surface area contributed by atoms with Gasteiger partial charge in [0, 0.05) is 56.0 Å². The third-order valence-electron chi connectivity index (χ3n) is 14.0. The fourth-order valence-electron chi connectivity index (χ4n) is 9.76. The average Bonchev–Trinajstić information content (AvgIpc) is 3.84. The fraction of sp³-hybridized carbons (Fsp3) is 0.537. The number of hydrogen-bond acceptors (Lipinski definition) is 12. The van der Waals surface area contributed by atoms with E-state index in [-0.39, 0.29) is 121 Å². The van der Waals surface area contributed by atoms with Gasteiger partial charge in [0.05, 0.1) is 6.42 Å². The summed E-state index contributed by atoms with van der Waals surface area (Å²) in [5, 5.41) is 22.5. The highest BCUT2D eigenvalue weighted by molar-refractivity contribution is 5.99. The average molecular weight is 1110 g/mol. The number of aromatic amines is 1. The van der Waals surface area contributed by atoms with E-state index in [1.54, 1.807) is 36.5 Å². The molecule has 0 unspecified atom stereocenters. The second-order valence-electron chi connectivity index (χ2n) is 20.4. The van der Waals surface area contributed by atoms with E-state index in [0.717, 1.165) is 43.0 Å². The van der Waals surface area contributed by atoms with Crippen molar-refractivity contribution >= 4 is 76.0 Å². The molecule has 1 aliphatic carbocycles. The van der Waals surface area contributed by atoms with Crippen molar-refractivity contribution in [3.8, 4) is 0 Å². The smallest absolute Gasteiger partial charge is 0.243 e. The lowest BCUT2D eigenvalue weighted by Crippen LogP contribution is -2.61. The van der Waals surface area contributed by atoms with Crippen LogP contribution in [0.15, 0.2) is 70.8 Å². The van der Waals surface area contributed by atoms with Gasteiger partial charge in [0.2, 0.25) is 53.2 Å². The maximum atomic E-state index is 14.7. The van der Waals surface area contributed by atoms with Crippen LogP contribution in [0.25, 0.3) is 10.9 Å². The molecule has 1 saturated carbocycles. The maximum Gasteiger partial charge on any atom is 0.243 e. The number of primary amides is 1. The Bertz CT molecular complexity index is 2630. The topological polar surface area (TPSA) is 446 Å². The summed E-state index contributed by atoms with van der Waals surface area (Å²) in [6, 6.07) is 6.44. The van der Waals surface area contributed by atoms with Gasteiger partial charge in [-0.25, -0.2) is 0 Å². The number of rotatable bonds is 20. The summed E-state index contributed by atoms with van der Waals surface area (Å²) in [5.41, 5.74) is 36.1. The van der Waals surface area contributed by atoms with E-state index in [0.29, 0.717) is 11.1 Å². The molecule has 1 aliphatic heterocycles. The number of H-pyrrole nitrogens is 1. The number of para-hydroxylation sites is 1. The molecule has 2 aromatic carbocycles. The summed E-state index contributed by atoms with van der Waals surface area (Å²) in [6.07, 6.45) is 6.68. The molecule has 0 spiro atoms. The number of nitrogens with zero attached hydrogens (tertiary/aromatic N) is 2. The quantitative estimate of drug-likeness (QED) is 0.0329. The third kappa shape index (κ3) is 21.2. The minimum atomic E-state index is -1.62. The molecule has 26 nitrogen and oxygen atoms in total. The second kappa shape index (κ2) is 32.6. The molecule has 21 N–H and O–H groups in total. The van der Waals surface area contributed by atoms with Gasteiger partial charge in [-0.05, 0) is 93.9 Å². The highest BCUT2D eigenvalue weighted by atomic mass is 16.2. The molecular weight excluding hydrogens is 1030 g/mol. The van der Waals surface area contributed by atoms with Gasteiger partial charge < -0.3 is 81.9 Å². The van der Waals surface area contributed by atoms with Crippen LogP contribution in [-0.4, -0.2) is 139 Å². The number of fused-ring (bicyclic) bond motifs is 1. The summed E-state index contributed by atoms with van der Waals surface area (Å²) < 4.78 is 0. The van der Waals surface area contributed by atoms with Crippen molar-refractivity contribution in [3.63, 3.8) is 0 Å². The number of carbonyl (C=O) groups excluding carboxylic acids is 9. The van der Waals surface area contributed by atoms with Crippen LogP contribution < -0.4 is 76.9 Å². The Morgan fingerprint density at radius 3 is 1.90 bits per heavy atom. The number of nitrogens with one attached hydrogen (secondary N) is 9. The van der Waals surface area contributed by atoms with Gasteiger partial charge in [-0.3, -0.25) is 53.1 Å². The van der Waals surface area contributed by atoms with Gasteiger partial charge >= 0.3 is 0 Å². The molecule has 2 fully saturated rings. The monoisotopic (exact) mass is 1110 g/mol. The largest absolute Gasteiger partial charge is 0.370 e. The van der Waals surface area contributed by atoms with Crippen molar-refractivity contribution in [3.05, 3.63) is 71.9 Å². The lowest BCUT2D eigenvalue weighted by molar-refractivity contribution is -0.136. The van der Waals surface area contributed by atoms with Crippen molar-refractivity contribution in [2.75, 3.05) is 26.2 Å². The Morgan fingerprint density at radius 1 is 0.637 bits per heavy atom. The first-order valence-corrected chi connectivity index (χ1v) is 27.5. The first kappa shape index (κ1) is 62.6. The van der Waals surface area contributed by atoms with Crippen LogP contribution in [-0.2, 0) is 56.0 Å². The first-order valence-electron chi connectivity index (χ1n) is 27.5. The summed E-state index contributed by atoms with van der Waals surface area (Å²) in [6.45, 7) is 0.0709. The van der Waals surface area contributed by atoms with Crippen LogP contribution in [0.1, 0.15) is 107 Å². The molecule has 1 aromatic heterocycles. The van der Waals surface area contributed by atoms with Crippen molar-refractivity contribution < 1.29 is 43.2 Å². The van der Waals surface area contributed by atoms with E-state index in [1.165, 1.54) is 0 Å². The number of guanidine groups is 2. The predicted octanol–water partition coefficient (Wildman–Crippen LogP) is -2.05. The molecule has 2 heterocycles. The Kier molecular flexibility index (Phi) is 25.5. The van der Waals surface area contributed by atoms with Crippen LogP contribution in [0.4, 0.5) is 0 Å². The Hall–Kier alpha value is -8.29. The number of nitrogens with two attached hydrogens (primary N) is 6. The number of hydrogen-bond donors (Lipinski definition) is 15. The minimum Gasteiger partial charge on any atom is -0.370 e. The van der Waals surface area contributed by atoms with E-state index in [4.69, 9.17) is 34.4 Å². The van der Waals surface area contributed by atoms with Gasteiger partial charge in [-0.1, -0.05) is 67.8 Å². The SMILES string of the molecule is NCC[C@@H]1NC(=O)[C@@H](NC(=O)[C@H](CCCN=C(N)N)NC(=O)CC2CCCCC2)CC(=O)NCCCC[C@@H](C(N)=O)NC(=O)[C@H](Cc2c[nH]c3ccccc23)NC(=O)[C@H](CCCN=C(N)N)NC(=O)[C@@H](Cc2ccccc2)NC1=O. The predicted molar refractivity (Wildman–Crippen MR) is 301 cm³/mol. The minimum absolute atomic E-state index is 0.0248. The van der Waals surface area contributed by atoms with E-state index in [9.17, 15) is 43.2 Å². The Morgan fingerprint density at radius 2 is 1.23 bits per heavy atom. The summed E-state index contributed by atoms with van der Waals surface area (Å²) >= 11 is 0. The van der Waals surface area contributed by atoms with Crippen molar-refractivity contribution in [2.45, 2.75) is 151 Å². The lowest BCUT2D eigenvalue weighted by atomic mass is 9.87. The molecule has 3 aromatic rings. The summed E-state index contributed by atoms with van der Waals surface area (Å²) in [4.78, 5) is 138. The van der Waals surface area contributed by atoms with Crippen molar-refractivity contribution in [2.24, 2.45) is 50.3 Å².